The zero-order chi connectivity index (χ0) is 35.1. The van der Waals surface area contributed by atoms with Crippen molar-refractivity contribution < 1.29 is 39.4 Å². The van der Waals surface area contributed by atoms with Gasteiger partial charge in [-0.3, -0.25) is 0 Å². The quantitative estimate of drug-likeness (QED) is 0.215. The summed E-state index contributed by atoms with van der Waals surface area (Å²) >= 11 is 0. The zero-order valence-electron chi connectivity index (χ0n) is 29.7. The molecule has 1 unspecified atom stereocenters. The smallest absolute Gasteiger partial charge is 0.203 e. The van der Waals surface area contributed by atoms with E-state index < -0.39 is 0 Å². The lowest BCUT2D eigenvalue weighted by Crippen LogP contribution is -2.20. The minimum absolute atomic E-state index is 0.0977. The number of allylic oxidation sites excluding steroid dienone is 2. The molecule has 8 nitrogen and oxygen atoms in total. The predicted octanol–water partition coefficient (Wildman–Crippen LogP) is 9.34. The summed E-state index contributed by atoms with van der Waals surface area (Å²) in [4.78, 5) is 0. The van der Waals surface area contributed by atoms with E-state index in [0.29, 0.717) is 47.0 Å². The number of fused-ring (bicyclic) bond motifs is 5. The van der Waals surface area contributed by atoms with Crippen LogP contribution in [0.2, 0.25) is 0 Å². The molecule has 3 aromatic rings. The van der Waals surface area contributed by atoms with Gasteiger partial charge in [0.25, 0.3) is 0 Å². The zero-order valence-corrected chi connectivity index (χ0v) is 29.7. The number of hydrogen-bond donors (Lipinski definition) is 4. The molecule has 8 rings (SSSR count). The Morgan fingerprint density at radius 2 is 1.24 bits per heavy atom. The van der Waals surface area contributed by atoms with Crippen molar-refractivity contribution in [2.24, 2.45) is 0 Å². The first-order valence-electron chi connectivity index (χ1n) is 18.2. The SMILES string of the molecule is COC1=C(OC)C2CC(=C1O)CCC[C@H]1CCCc3ccc(O)c2c31.COc1cc2c(c(O)c1OC)CCC[C@H]1CCCc3ccc(O)c-2c31. The Balaban J connectivity index is 0.000000157. The van der Waals surface area contributed by atoms with Crippen molar-refractivity contribution in [1.82, 2.24) is 0 Å². The number of aromatic hydroxyl groups is 3. The Morgan fingerprint density at radius 3 is 1.88 bits per heavy atom. The average Bonchev–Trinajstić information content (AvgIpc) is 3.19. The number of aliphatic hydroxyl groups is 1. The lowest BCUT2D eigenvalue weighted by Gasteiger charge is -2.33. The van der Waals surface area contributed by atoms with Gasteiger partial charge in [0.05, 0.1) is 34.4 Å². The number of aliphatic hydroxyl groups excluding tert-OH is 1. The van der Waals surface area contributed by atoms with Crippen molar-refractivity contribution in [1.29, 1.82) is 0 Å². The van der Waals surface area contributed by atoms with Crippen LogP contribution in [0.25, 0.3) is 11.1 Å². The van der Waals surface area contributed by atoms with Gasteiger partial charge in [-0.05, 0) is 147 Å². The highest BCUT2D eigenvalue weighted by Crippen LogP contribution is 2.54. The largest absolute Gasteiger partial charge is 0.508 e. The molecule has 0 amide bonds. The van der Waals surface area contributed by atoms with Gasteiger partial charge in [-0.1, -0.05) is 12.1 Å². The number of methoxy groups -OCH3 is 4. The van der Waals surface area contributed by atoms with Crippen molar-refractivity contribution >= 4 is 0 Å². The molecule has 0 spiro atoms. The molecule has 0 fully saturated rings. The molecule has 266 valence electrons. The first-order valence-corrected chi connectivity index (χ1v) is 18.2. The molecule has 5 aliphatic carbocycles. The molecule has 5 aliphatic rings. The molecule has 0 aromatic heterocycles. The summed E-state index contributed by atoms with van der Waals surface area (Å²) in [6.07, 6.45) is 13.4. The maximum atomic E-state index is 10.8. The molecule has 0 radical (unpaired) electrons. The highest BCUT2D eigenvalue weighted by atomic mass is 16.5. The van der Waals surface area contributed by atoms with Gasteiger partial charge in [0.1, 0.15) is 17.3 Å². The molecule has 0 aliphatic heterocycles. The van der Waals surface area contributed by atoms with Crippen molar-refractivity contribution in [2.45, 2.75) is 101 Å². The number of rotatable bonds is 4. The second kappa shape index (κ2) is 14.0. The van der Waals surface area contributed by atoms with E-state index in [4.69, 9.17) is 18.9 Å². The Labute approximate surface area is 295 Å². The van der Waals surface area contributed by atoms with Gasteiger partial charge in [-0.25, -0.2) is 0 Å². The lowest BCUT2D eigenvalue weighted by molar-refractivity contribution is 0.178. The molecule has 50 heavy (non-hydrogen) atoms. The van der Waals surface area contributed by atoms with Crippen LogP contribution in [-0.2, 0) is 28.7 Å². The summed E-state index contributed by atoms with van der Waals surface area (Å²) in [5.41, 5.74) is 9.85. The summed E-state index contributed by atoms with van der Waals surface area (Å²) in [7, 11) is 6.27. The molecule has 4 N–H and O–H groups in total. The third-order valence-corrected chi connectivity index (χ3v) is 11.8. The van der Waals surface area contributed by atoms with E-state index in [0.717, 1.165) is 85.6 Å². The van der Waals surface area contributed by atoms with Crippen LogP contribution in [0.1, 0.15) is 115 Å². The van der Waals surface area contributed by atoms with Gasteiger partial charge in [0.2, 0.25) is 5.75 Å². The highest BCUT2D eigenvalue weighted by Gasteiger charge is 2.39. The van der Waals surface area contributed by atoms with Gasteiger partial charge >= 0.3 is 0 Å². The molecule has 2 bridgehead atoms. The lowest BCUT2D eigenvalue weighted by atomic mass is 9.73. The third kappa shape index (κ3) is 5.70. The van der Waals surface area contributed by atoms with Crippen LogP contribution in [0.3, 0.4) is 0 Å². The number of phenols is 3. The number of hydrogen-bond acceptors (Lipinski definition) is 8. The normalized spacial score (nSPS) is 22.1. The van der Waals surface area contributed by atoms with E-state index >= 15 is 0 Å². The van der Waals surface area contributed by atoms with Gasteiger partial charge < -0.3 is 39.4 Å². The fourth-order valence-electron chi connectivity index (χ4n) is 9.63. The summed E-state index contributed by atoms with van der Waals surface area (Å²) in [6, 6.07) is 9.66. The van der Waals surface area contributed by atoms with Crippen LogP contribution in [0.5, 0.6) is 28.7 Å². The number of phenolic OH excluding ortho intramolecular Hbond substituents is 3. The van der Waals surface area contributed by atoms with E-state index in [9.17, 15) is 20.4 Å². The van der Waals surface area contributed by atoms with E-state index in [-0.39, 0.29) is 23.2 Å². The minimum Gasteiger partial charge on any atom is -0.508 e. The number of benzene rings is 3. The topological polar surface area (TPSA) is 118 Å². The molecule has 0 saturated heterocycles. The molecule has 3 atom stereocenters. The molecule has 8 heteroatoms. The second-order valence-electron chi connectivity index (χ2n) is 14.4. The fraction of sp³-hybridized carbons (Fsp3) is 0.476. The van der Waals surface area contributed by atoms with Crippen LogP contribution in [-0.4, -0.2) is 48.9 Å². The molecule has 0 saturated carbocycles. The van der Waals surface area contributed by atoms with Crippen molar-refractivity contribution in [3.8, 4) is 39.9 Å². The van der Waals surface area contributed by atoms with E-state index in [1.165, 1.54) is 48.6 Å². The van der Waals surface area contributed by atoms with Crippen molar-refractivity contribution in [3.63, 3.8) is 0 Å². The Morgan fingerprint density at radius 1 is 0.620 bits per heavy atom. The van der Waals surface area contributed by atoms with Crippen LogP contribution >= 0.6 is 0 Å². The first-order chi connectivity index (χ1) is 24.3. The van der Waals surface area contributed by atoms with Gasteiger partial charge in [-0.15, -0.1) is 0 Å². The molecule has 3 aromatic carbocycles. The summed E-state index contributed by atoms with van der Waals surface area (Å²) in [6.45, 7) is 0. The van der Waals surface area contributed by atoms with Gasteiger partial charge in [0, 0.05) is 16.7 Å². The minimum atomic E-state index is -0.0977. The second-order valence-corrected chi connectivity index (χ2v) is 14.4. The Bertz CT molecular complexity index is 1850. The van der Waals surface area contributed by atoms with E-state index in [1.807, 2.05) is 12.1 Å². The monoisotopic (exact) mass is 682 g/mol. The first kappa shape index (κ1) is 34.0. The summed E-state index contributed by atoms with van der Waals surface area (Å²) in [5.74, 6) is 3.73. The van der Waals surface area contributed by atoms with Crippen LogP contribution in [0.15, 0.2) is 53.2 Å². The van der Waals surface area contributed by atoms with Crippen LogP contribution in [0.4, 0.5) is 0 Å². The maximum absolute atomic E-state index is 10.8. The van der Waals surface area contributed by atoms with Crippen LogP contribution in [0, 0.1) is 0 Å². The molecular weight excluding hydrogens is 632 g/mol. The summed E-state index contributed by atoms with van der Waals surface area (Å²) in [5, 5.41) is 42.9. The van der Waals surface area contributed by atoms with Crippen LogP contribution < -0.4 is 9.47 Å². The van der Waals surface area contributed by atoms with E-state index in [1.54, 1.807) is 27.4 Å². The maximum Gasteiger partial charge on any atom is 0.203 e. The Hall–Kier alpha value is -4.46. The van der Waals surface area contributed by atoms with E-state index in [2.05, 4.69) is 12.1 Å². The van der Waals surface area contributed by atoms with Gasteiger partial charge in [-0.2, -0.15) is 0 Å². The van der Waals surface area contributed by atoms with Crippen molar-refractivity contribution in [3.05, 3.63) is 86.6 Å². The summed E-state index contributed by atoms with van der Waals surface area (Å²) < 4.78 is 22.0. The number of aryl methyl sites for hydroxylation is 2. The van der Waals surface area contributed by atoms with Gasteiger partial charge in [0.15, 0.2) is 23.0 Å². The number of ether oxygens (including phenoxy) is 4. The fourth-order valence-corrected chi connectivity index (χ4v) is 9.63. The molecular formula is C42H50O8. The standard InChI is InChI=1S/C21H26O4.C21H24O4/c1-24-20-15-11-14(19(23)21(20)25-2)8-4-6-12-5-3-7-13-9-10-16(22)18(15)17(12)13;1-24-17-11-15-14(20(23)21(17)25-2)8-4-7-12-5-3-6-13-9-10-16(22)19(15)18(12)13/h9-10,12,15,22-23H,3-8,11H2,1-2H3;9-12,22-23H,3-8H2,1-2H3/t12-,15?;12-/m11/s1. The predicted molar refractivity (Wildman–Crippen MR) is 193 cm³/mol. The average molecular weight is 683 g/mol. The Kier molecular flexibility index (Phi) is 9.55. The third-order valence-electron chi connectivity index (χ3n) is 11.8. The van der Waals surface area contributed by atoms with Crippen molar-refractivity contribution in [2.75, 3.05) is 28.4 Å². The highest BCUT2D eigenvalue weighted by molar-refractivity contribution is 5.83. The molecule has 0 heterocycles.